The average molecular weight is 356 g/mol. The highest BCUT2D eigenvalue weighted by molar-refractivity contribution is 7.08. The summed E-state index contributed by atoms with van der Waals surface area (Å²) in [4.78, 5) is 12.2. The summed E-state index contributed by atoms with van der Waals surface area (Å²) in [5.74, 6) is 1.61. The monoisotopic (exact) mass is 356 g/mol. The van der Waals surface area contributed by atoms with Gasteiger partial charge in [-0.1, -0.05) is 0 Å². The molecule has 130 valence electrons. The van der Waals surface area contributed by atoms with E-state index in [4.69, 9.17) is 9.15 Å². The lowest BCUT2D eigenvalue weighted by Crippen LogP contribution is -2.32. The molecule has 2 amide bonds. The van der Waals surface area contributed by atoms with E-state index in [2.05, 4.69) is 16.0 Å². The molecule has 0 aliphatic heterocycles. The number of urea groups is 1. The summed E-state index contributed by atoms with van der Waals surface area (Å²) < 4.78 is 10.9. The Morgan fingerprint density at radius 1 is 1.24 bits per heavy atom. The fourth-order valence-electron chi connectivity index (χ4n) is 2.52. The molecule has 2 aromatic heterocycles. The Kier molecular flexibility index (Phi) is 5.74. The molecular formula is C19H20N2O3S. The van der Waals surface area contributed by atoms with Crippen molar-refractivity contribution < 1.29 is 13.9 Å². The summed E-state index contributed by atoms with van der Waals surface area (Å²) in [5.41, 5.74) is 1.84. The molecule has 2 N–H and O–H groups in total. The van der Waals surface area contributed by atoms with E-state index in [0.717, 1.165) is 17.1 Å². The van der Waals surface area contributed by atoms with Gasteiger partial charge in [-0.3, -0.25) is 0 Å². The summed E-state index contributed by atoms with van der Waals surface area (Å²) in [6.07, 6.45) is 1.65. The lowest BCUT2D eigenvalue weighted by atomic mass is 9.99. The Hall–Kier alpha value is -2.73. The summed E-state index contributed by atoms with van der Waals surface area (Å²) in [6.45, 7) is 3.00. The number of nitrogens with one attached hydrogen (secondary N) is 2. The maximum Gasteiger partial charge on any atom is 0.319 e. The average Bonchev–Trinajstić information content (AvgIpc) is 3.31. The van der Waals surface area contributed by atoms with Gasteiger partial charge in [0.1, 0.15) is 11.5 Å². The van der Waals surface area contributed by atoms with Gasteiger partial charge in [0.25, 0.3) is 0 Å². The molecule has 0 spiro atoms. The standard InChI is InChI=1S/C19H20N2O3S/c1-2-23-16-7-5-15(6-8-16)21-19(22)20-12-17(14-9-11-25-13-14)18-4-3-10-24-18/h3-11,13,17H,2,12H2,1H3,(H2,20,21,22). The zero-order valence-corrected chi connectivity index (χ0v) is 14.7. The third-order valence-corrected chi connectivity index (χ3v) is 4.42. The molecule has 0 radical (unpaired) electrons. The minimum Gasteiger partial charge on any atom is -0.494 e. The number of ether oxygens (including phenoxy) is 1. The molecule has 0 saturated carbocycles. The van der Waals surface area contributed by atoms with E-state index in [1.165, 1.54) is 0 Å². The van der Waals surface area contributed by atoms with Crippen LogP contribution in [-0.2, 0) is 0 Å². The zero-order valence-electron chi connectivity index (χ0n) is 13.9. The number of furan rings is 1. The molecule has 3 aromatic rings. The summed E-state index contributed by atoms with van der Waals surface area (Å²) in [6, 6.07) is 12.9. The summed E-state index contributed by atoms with van der Waals surface area (Å²) >= 11 is 1.63. The highest BCUT2D eigenvalue weighted by atomic mass is 32.1. The topological polar surface area (TPSA) is 63.5 Å². The van der Waals surface area contributed by atoms with E-state index in [1.807, 2.05) is 54.8 Å². The molecule has 0 saturated heterocycles. The van der Waals surface area contributed by atoms with Crippen LogP contribution < -0.4 is 15.4 Å². The number of rotatable bonds is 7. The van der Waals surface area contributed by atoms with E-state index in [0.29, 0.717) is 18.8 Å². The normalized spacial score (nSPS) is 11.7. The Morgan fingerprint density at radius 2 is 2.08 bits per heavy atom. The number of hydrogen-bond acceptors (Lipinski definition) is 4. The van der Waals surface area contributed by atoms with Gasteiger partial charge in [0.05, 0.1) is 18.8 Å². The molecule has 0 aliphatic carbocycles. The maximum absolute atomic E-state index is 12.2. The van der Waals surface area contributed by atoms with Gasteiger partial charge in [-0.2, -0.15) is 11.3 Å². The van der Waals surface area contributed by atoms with E-state index < -0.39 is 0 Å². The SMILES string of the molecule is CCOc1ccc(NC(=O)NCC(c2ccsc2)c2ccco2)cc1. The largest absolute Gasteiger partial charge is 0.494 e. The number of hydrogen-bond donors (Lipinski definition) is 2. The first-order chi connectivity index (χ1) is 12.3. The van der Waals surface area contributed by atoms with Gasteiger partial charge in [0.2, 0.25) is 0 Å². The van der Waals surface area contributed by atoms with Crippen molar-refractivity contribution in [2.75, 3.05) is 18.5 Å². The van der Waals surface area contributed by atoms with Gasteiger partial charge in [-0.25, -0.2) is 4.79 Å². The second-order valence-electron chi connectivity index (χ2n) is 5.42. The molecule has 6 heteroatoms. The molecule has 0 bridgehead atoms. The van der Waals surface area contributed by atoms with E-state index in [-0.39, 0.29) is 11.9 Å². The maximum atomic E-state index is 12.2. The third kappa shape index (κ3) is 4.64. The van der Waals surface area contributed by atoms with Crippen molar-refractivity contribution in [2.45, 2.75) is 12.8 Å². The van der Waals surface area contributed by atoms with Gasteiger partial charge in [-0.05, 0) is 65.7 Å². The molecular weight excluding hydrogens is 336 g/mol. The van der Waals surface area contributed by atoms with Crippen LogP contribution in [0.25, 0.3) is 0 Å². The molecule has 3 rings (SSSR count). The van der Waals surface area contributed by atoms with Crippen molar-refractivity contribution in [3.63, 3.8) is 0 Å². The van der Waals surface area contributed by atoms with Gasteiger partial charge in [-0.15, -0.1) is 0 Å². The Labute approximate surface area is 150 Å². The minimum absolute atomic E-state index is 0.00710. The molecule has 1 unspecified atom stereocenters. The minimum atomic E-state index is -0.254. The number of anilines is 1. The highest BCUT2D eigenvalue weighted by Crippen LogP contribution is 2.26. The van der Waals surface area contributed by atoms with Crippen LogP contribution in [-0.4, -0.2) is 19.2 Å². The lowest BCUT2D eigenvalue weighted by Gasteiger charge is -2.15. The van der Waals surface area contributed by atoms with Crippen LogP contribution in [0.3, 0.4) is 0 Å². The van der Waals surface area contributed by atoms with Crippen molar-refractivity contribution in [2.24, 2.45) is 0 Å². The van der Waals surface area contributed by atoms with Crippen molar-refractivity contribution >= 4 is 23.1 Å². The Bertz CT molecular complexity index is 733. The predicted molar refractivity (Wildman–Crippen MR) is 99.5 cm³/mol. The fraction of sp³-hybridized carbons (Fsp3) is 0.211. The number of carbonyl (C=O) groups excluding carboxylic acids is 1. The fourth-order valence-corrected chi connectivity index (χ4v) is 3.23. The number of carbonyl (C=O) groups is 1. The van der Waals surface area contributed by atoms with Gasteiger partial charge in [0, 0.05) is 12.2 Å². The molecule has 5 nitrogen and oxygen atoms in total. The Balaban J connectivity index is 1.58. The van der Waals surface area contributed by atoms with Crippen LogP contribution in [0, 0.1) is 0 Å². The smallest absolute Gasteiger partial charge is 0.319 e. The first-order valence-electron chi connectivity index (χ1n) is 8.09. The van der Waals surface area contributed by atoms with Crippen molar-refractivity contribution in [1.82, 2.24) is 5.32 Å². The van der Waals surface area contributed by atoms with Crippen molar-refractivity contribution in [3.05, 3.63) is 70.8 Å². The lowest BCUT2D eigenvalue weighted by molar-refractivity contribution is 0.251. The zero-order chi connectivity index (χ0) is 17.5. The van der Waals surface area contributed by atoms with E-state index in [9.17, 15) is 4.79 Å². The first-order valence-corrected chi connectivity index (χ1v) is 9.03. The van der Waals surface area contributed by atoms with E-state index >= 15 is 0 Å². The second kappa shape index (κ2) is 8.39. The predicted octanol–water partition coefficient (Wildman–Crippen LogP) is 4.69. The van der Waals surface area contributed by atoms with Crippen molar-refractivity contribution in [3.8, 4) is 5.75 Å². The van der Waals surface area contributed by atoms with E-state index in [1.54, 1.807) is 17.6 Å². The van der Waals surface area contributed by atoms with Crippen LogP contribution in [0.1, 0.15) is 24.2 Å². The first kappa shape index (κ1) is 17.1. The van der Waals surface area contributed by atoms with Crippen LogP contribution in [0.2, 0.25) is 0 Å². The number of benzene rings is 1. The van der Waals surface area contributed by atoms with Crippen molar-refractivity contribution in [1.29, 1.82) is 0 Å². The molecule has 1 aromatic carbocycles. The quantitative estimate of drug-likeness (QED) is 0.645. The number of amides is 2. The summed E-state index contributed by atoms with van der Waals surface area (Å²) in [7, 11) is 0. The third-order valence-electron chi connectivity index (χ3n) is 3.72. The van der Waals surface area contributed by atoms with Crippen LogP contribution in [0.4, 0.5) is 10.5 Å². The van der Waals surface area contributed by atoms with Gasteiger partial charge in [0.15, 0.2) is 0 Å². The highest BCUT2D eigenvalue weighted by Gasteiger charge is 2.18. The van der Waals surface area contributed by atoms with Crippen LogP contribution in [0.5, 0.6) is 5.75 Å². The molecule has 0 fully saturated rings. The van der Waals surface area contributed by atoms with Gasteiger partial charge < -0.3 is 19.8 Å². The second-order valence-corrected chi connectivity index (χ2v) is 6.20. The molecule has 2 heterocycles. The summed E-state index contributed by atoms with van der Waals surface area (Å²) in [5, 5.41) is 9.82. The number of thiophene rings is 1. The van der Waals surface area contributed by atoms with Gasteiger partial charge >= 0.3 is 6.03 Å². The van der Waals surface area contributed by atoms with Crippen LogP contribution in [0.15, 0.2) is 63.9 Å². The van der Waals surface area contributed by atoms with Crippen LogP contribution >= 0.6 is 11.3 Å². The molecule has 1 atom stereocenters. The Morgan fingerprint density at radius 3 is 2.72 bits per heavy atom. The molecule has 25 heavy (non-hydrogen) atoms. The molecule has 0 aliphatic rings.